The summed E-state index contributed by atoms with van der Waals surface area (Å²) in [5.74, 6) is 0.433. The van der Waals surface area contributed by atoms with Crippen LogP contribution in [0.25, 0.3) is 0 Å². The van der Waals surface area contributed by atoms with Crippen LogP contribution in [0.3, 0.4) is 0 Å². The largest absolute Gasteiger partial charge is 0.336 e. The summed E-state index contributed by atoms with van der Waals surface area (Å²) in [5, 5.41) is 15.0. The molecule has 2 amide bonds. The van der Waals surface area contributed by atoms with Gasteiger partial charge in [0.15, 0.2) is 5.82 Å². The van der Waals surface area contributed by atoms with E-state index >= 15 is 0 Å². The number of aromatic nitrogens is 2. The van der Waals surface area contributed by atoms with Crippen molar-refractivity contribution in [3.8, 4) is 0 Å². The average Bonchev–Trinajstić information content (AvgIpc) is 2.93. The summed E-state index contributed by atoms with van der Waals surface area (Å²) < 4.78 is 0. The topological polar surface area (TPSA) is 70.2 Å². The van der Waals surface area contributed by atoms with Crippen LogP contribution in [0.2, 0.25) is 0 Å². The second-order valence-corrected chi connectivity index (χ2v) is 5.42. The minimum Gasteiger partial charge on any atom is -0.336 e. The van der Waals surface area contributed by atoms with E-state index in [9.17, 15) is 4.79 Å². The molecule has 0 radical (unpaired) electrons. The molecule has 0 spiro atoms. The molecule has 2 N–H and O–H groups in total. The Labute approximate surface area is 121 Å². The fourth-order valence-electron chi connectivity index (χ4n) is 1.74. The fraction of sp³-hybridized carbons (Fsp3) is 0.308. The maximum atomic E-state index is 11.8. The minimum absolute atomic E-state index is 0.155. The molecule has 20 heavy (non-hydrogen) atoms. The molecule has 2 aromatic rings. The number of nitrogens with zero attached hydrogens (tertiary/aromatic N) is 3. The van der Waals surface area contributed by atoms with Gasteiger partial charge in [-0.25, -0.2) is 4.79 Å². The number of anilines is 1. The molecular formula is C13H17N5OS. The zero-order chi connectivity index (χ0) is 14.4. The Bertz CT molecular complexity index is 529. The lowest BCUT2D eigenvalue weighted by atomic mass is 10.2. The van der Waals surface area contributed by atoms with E-state index < -0.39 is 0 Å². The third-order valence-electron chi connectivity index (χ3n) is 2.76. The van der Waals surface area contributed by atoms with E-state index in [1.807, 2.05) is 25.5 Å². The van der Waals surface area contributed by atoms with Crippen molar-refractivity contribution in [1.82, 2.24) is 20.4 Å². The highest BCUT2D eigenvalue weighted by molar-refractivity contribution is 7.10. The van der Waals surface area contributed by atoms with Crippen LogP contribution in [0.4, 0.5) is 10.6 Å². The molecule has 1 unspecified atom stereocenters. The Balaban J connectivity index is 1.88. The molecule has 0 aromatic carbocycles. The minimum atomic E-state index is -0.283. The van der Waals surface area contributed by atoms with Gasteiger partial charge in [-0.15, -0.1) is 16.4 Å². The molecule has 0 saturated heterocycles. The van der Waals surface area contributed by atoms with Crippen molar-refractivity contribution >= 4 is 23.2 Å². The zero-order valence-electron chi connectivity index (χ0n) is 11.4. The fourth-order valence-corrected chi connectivity index (χ4v) is 2.66. The first-order valence-corrected chi connectivity index (χ1v) is 7.07. The van der Waals surface area contributed by atoms with Crippen molar-refractivity contribution in [3.63, 3.8) is 0 Å². The van der Waals surface area contributed by atoms with Gasteiger partial charge in [0.05, 0.1) is 6.04 Å². The van der Waals surface area contributed by atoms with E-state index in [4.69, 9.17) is 0 Å². The van der Waals surface area contributed by atoms with Crippen LogP contribution in [0.1, 0.15) is 10.9 Å². The van der Waals surface area contributed by atoms with Gasteiger partial charge < -0.3 is 10.2 Å². The van der Waals surface area contributed by atoms with Crippen molar-refractivity contribution in [2.24, 2.45) is 0 Å². The van der Waals surface area contributed by atoms with Crippen LogP contribution in [-0.2, 0) is 0 Å². The molecule has 106 valence electrons. The van der Waals surface area contributed by atoms with E-state index in [0.717, 1.165) is 0 Å². The van der Waals surface area contributed by atoms with E-state index in [1.165, 1.54) is 4.88 Å². The highest BCUT2D eigenvalue weighted by Crippen LogP contribution is 2.22. The first kappa shape index (κ1) is 14.4. The predicted octanol–water partition coefficient (Wildman–Crippen LogP) is 1.96. The Kier molecular flexibility index (Phi) is 5.03. The standard InChI is InChI=1S/C13H17N5OS/c1-18(2)10(11-5-4-8-20-11)9-14-13(19)16-12-6-3-7-15-17-12/h3-8,10H,9H2,1-2H3,(H2,14,16,17,19). The van der Waals surface area contributed by atoms with Gasteiger partial charge in [0.25, 0.3) is 0 Å². The number of carbonyl (C=O) groups is 1. The molecule has 0 fully saturated rings. The molecule has 0 bridgehead atoms. The Morgan fingerprint density at radius 1 is 1.40 bits per heavy atom. The summed E-state index contributed by atoms with van der Waals surface area (Å²) in [7, 11) is 3.99. The molecule has 1 atom stereocenters. The van der Waals surface area contributed by atoms with Gasteiger partial charge in [-0.2, -0.15) is 5.10 Å². The molecule has 2 rings (SSSR count). The summed E-state index contributed by atoms with van der Waals surface area (Å²) in [4.78, 5) is 15.1. The average molecular weight is 291 g/mol. The summed E-state index contributed by atoms with van der Waals surface area (Å²) >= 11 is 1.68. The van der Waals surface area contributed by atoms with E-state index in [1.54, 1.807) is 29.7 Å². The Hall–Kier alpha value is -1.99. The molecule has 2 aromatic heterocycles. The SMILES string of the molecule is CN(C)C(CNC(=O)Nc1cccnn1)c1cccs1. The van der Waals surface area contributed by atoms with Crippen molar-refractivity contribution in [2.45, 2.75) is 6.04 Å². The number of carbonyl (C=O) groups excluding carboxylic acids is 1. The first-order valence-electron chi connectivity index (χ1n) is 6.19. The molecule has 0 saturated carbocycles. The highest BCUT2D eigenvalue weighted by atomic mass is 32.1. The molecular weight excluding hydrogens is 274 g/mol. The molecule has 2 heterocycles. The molecule has 7 heteroatoms. The third kappa shape index (κ3) is 4.01. The van der Waals surface area contributed by atoms with Gasteiger partial charge in [-0.05, 0) is 37.7 Å². The number of rotatable bonds is 5. The third-order valence-corrected chi connectivity index (χ3v) is 3.74. The molecule has 0 aliphatic heterocycles. The maximum absolute atomic E-state index is 11.8. The second kappa shape index (κ2) is 6.97. The second-order valence-electron chi connectivity index (χ2n) is 4.44. The smallest absolute Gasteiger partial charge is 0.320 e. The lowest BCUT2D eigenvalue weighted by Crippen LogP contribution is -2.36. The van der Waals surface area contributed by atoms with Crippen molar-refractivity contribution < 1.29 is 4.79 Å². The summed E-state index contributed by atoms with van der Waals surface area (Å²) in [6, 6.07) is 7.36. The van der Waals surface area contributed by atoms with E-state index in [0.29, 0.717) is 12.4 Å². The van der Waals surface area contributed by atoms with Gasteiger partial charge in [-0.3, -0.25) is 5.32 Å². The van der Waals surface area contributed by atoms with Crippen molar-refractivity contribution in [1.29, 1.82) is 0 Å². The number of likely N-dealkylation sites (N-methyl/N-ethyl adjacent to an activating group) is 1. The van der Waals surface area contributed by atoms with Crippen LogP contribution in [-0.4, -0.2) is 41.8 Å². The van der Waals surface area contributed by atoms with Gasteiger partial charge in [0.2, 0.25) is 0 Å². The normalized spacial score (nSPS) is 12.2. The summed E-state index contributed by atoms with van der Waals surface area (Å²) in [5.41, 5.74) is 0. The van der Waals surface area contributed by atoms with Crippen LogP contribution < -0.4 is 10.6 Å². The van der Waals surface area contributed by atoms with Crippen molar-refractivity contribution in [3.05, 3.63) is 40.7 Å². The van der Waals surface area contributed by atoms with Crippen LogP contribution >= 0.6 is 11.3 Å². The Morgan fingerprint density at radius 2 is 2.25 bits per heavy atom. The number of thiophene rings is 1. The number of hydrogen-bond donors (Lipinski definition) is 2. The lowest BCUT2D eigenvalue weighted by Gasteiger charge is -2.23. The predicted molar refractivity (Wildman–Crippen MR) is 79.8 cm³/mol. The van der Waals surface area contributed by atoms with Crippen LogP contribution in [0.15, 0.2) is 35.8 Å². The highest BCUT2D eigenvalue weighted by Gasteiger charge is 2.16. The van der Waals surface area contributed by atoms with Gasteiger partial charge in [0.1, 0.15) is 0 Å². The van der Waals surface area contributed by atoms with Crippen LogP contribution in [0.5, 0.6) is 0 Å². The molecule has 6 nitrogen and oxygen atoms in total. The van der Waals surface area contributed by atoms with Crippen molar-refractivity contribution in [2.75, 3.05) is 26.0 Å². The van der Waals surface area contributed by atoms with Gasteiger partial charge >= 0.3 is 6.03 Å². The summed E-state index contributed by atoms with van der Waals surface area (Å²) in [6.07, 6.45) is 1.56. The van der Waals surface area contributed by atoms with Gasteiger partial charge in [0, 0.05) is 17.6 Å². The monoisotopic (exact) mass is 291 g/mol. The molecule has 0 aliphatic rings. The molecule has 0 aliphatic carbocycles. The van der Waals surface area contributed by atoms with Crippen LogP contribution in [0, 0.1) is 0 Å². The Morgan fingerprint density at radius 3 is 2.85 bits per heavy atom. The van der Waals surface area contributed by atoms with E-state index in [2.05, 4.69) is 31.8 Å². The number of urea groups is 1. The maximum Gasteiger partial charge on any atom is 0.320 e. The number of amides is 2. The van der Waals surface area contributed by atoms with E-state index in [-0.39, 0.29) is 12.1 Å². The quantitative estimate of drug-likeness (QED) is 0.883. The summed E-state index contributed by atoms with van der Waals surface area (Å²) in [6.45, 7) is 0.527. The lowest BCUT2D eigenvalue weighted by molar-refractivity contribution is 0.244. The number of nitrogens with one attached hydrogen (secondary N) is 2. The zero-order valence-corrected chi connectivity index (χ0v) is 12.2. The number of hydrogen-bond acceptors (Lipinski definition) is 5. The van der Waals surface area contributed by atoms with Gasteiger partial charge in [-0.1, -0.05) is 6.07 Å². The first-order chi connectivity index (χ1) is 9.66.